The van der Waals surface area contributed by atoms with Crippen LogP contribution in [0.5, 0.6) is 5.75 Å². The third-order valence-corrected chi connectivity index (χ3v) is 2.52. The van der Waals surface area contributed by atoms with Crippen LogP contribution in [0.2, 0.25) is 0 Å². The Balaban J connectivity index is 2.59. The first-order valence-electron chi connectivity index (χ1n) is 5.22. The molecule has 0 atom stereocenters. The number of halogens is 1. The van der Waals surface area contributed by atoms with E-state index in [4.69, 9.17) is 0 Å². The SMILES string of the molecule is Cc1ccn(-c2ccc(F)cc2)c(=O)c1OC=O. The van der Waals surface area contributed by atoms with Crippen molar-refractivity contribution in [2.24, 2.45) is 0 Å². The minimum atomic E-state index is -0.464. The van der Waals surface area contributed by atoms with Crippen molar-refractivity contribution >= 4 is 6.47 Å². The van der Waals surface area contributed by atoms with E-state index in [-0.39, 0.29) is 18.0 Å². The Morgan fingerprint density at radius 2 is 1.89 bits per heavy atom. The quantitative estimate of drug-likeness (QED) is 0.777. The number of rotatable bonds is 3. The molecule has 0 radical (unpaired) electrons. The van der Waals surface area contributed by atoms with Crippen LogP contribution >= 0.6 is 0 Å². The number of carbonyl (C=O) groups is 1. The number of hydrogen-bond acceptors (Lipinski definition) is 3. The van der Waals surface area contributed by atoms with E-state index in [0.29, 0.717) is 11.3 Å². The van der Waals surface area contributed by atoms with Crippen LogP contribution in [0.3, 0.4) is 0 Å². The zero-order valence-corrected chi connectivity index (χ0v) is 9.59. The van der Waals surface area contributed by atoms with Crippen LogP contribution in [0.4, 0.5) is 4.39 Å². The molecule has 4 nitrogen and oxygen atoms in total. The Morgan fingerprint density at radius 3 is 2.50 bits per heavy atom. The Labute approximate surface area is 102 Å². The fraction of sp³-hybridized carbons (Fsp3) is 0.0769. The maximum atomic E-state index is 12.8. The third-order valence-electron chi connectivity index (χ3n) is 2.52. The van der Waals surface area contributed by atoms with E-state index in [1.165, 1.54) is 28.8 Å². The number of benzene rings is 1. The smallest absolute Gasteiger partial charge is 0.298 e. The fourth-order valence-electron chi connectivity index (χ4n) is 1.60. The average Bonchev–Trinajstić information content (AvgIpc) is 2.36. The van der Waals surface area contributed by atoms with E-state index >= 15 is 0 Å². The van der Waals surface area contributed by atoms with E-state index in [0.717, 1.165) is 0 Å². The van der Waals surface area contributed by atoms with Crippen molar-refractivity contribution in [1.29, 1.82) is 0 Å². The summed E-state index contributed by atoms with van der Waals surface area (Å²) in [4.78, 5) is 22.4. The summed E-state index contributed by atoms with van der Waals surface area (Å²) < 4.78 is 18.8. The first-order chi connectivity index (χ1) is 8.63. The molecule has 0 aliphatic carbocycles. The van der Waals surface area contributed by atoms with Gasteiger partial charge in [-0.25, -0.2) is 4.39 Å². The number of aromatic nitrogens is 1. The van der Waals surface area contributed by atoms with Gasteiger partial charge in [0, 0.05) is 11.9 Å². The summed E-state index contributed by atoms with van der Waals surface area (Å²) in [5, 5.41) is 0. The molecule has 0 aliphatic heterocycles. The molecule has 2 rings (SSSR count). The van der Waals surface area contributed by atoms with Crippen molar-refractivity contribution in [2.45, 2.75) is 6.92 Å². The van der Waals surface area contributed by atoms with E-state index < -0.39 is 5.56 Å². The number of nitrogens with zero attached hydrogens (tertiary/aromatic N) is 1. The molecule has 0 bridgehead atoms. The summed E-state index contributed by atoms with van der Waals surface area (Å²) in [7, 11) is 0. The van der Waals surface area contributed by atoms with Crippen LogP contribution in [0.25, 0.3) is 5.69 Å². The highest BCUT2D eigenvalue weighted by atomic mass is 19.1. The Hall–Kier alpha value is -2.43. The highest BCUT2D eigenvalue weighted by molar-refractivity contribution is 5.47. The number of hydrogen-bond donors (Lipinski definition) is 0. The summed E-state index contributed by atoms with van der Waals surface area (Å²) in [6.07, 6.45) is 1.54. The average molecular weight is 247 g/mol. The molecule has 0 spiro atoms. The molecule has 5 heteroatoms. The summed E-state index contributed by atoms with van der Waals surface area (Å²) in [5.41, 5.74) is 0.594. The molecule has 0 aliphatic rings. The minimum absolute atomic E-state index is 0.0307. The molecule has 18 heavy (non-hydrogen) atoms. The van der Waals surface area contributed by atoms with E-state index in [2.05, 4.69) is 4.74 Å². The van der Waals surface area contributed by atoms with Crippen molar-refractivity contribution in [3.05, 3.63) is 58.3 Å². The van der Waals surface area contributed by atoms with Gasteiger partial charge < -0.3 is 4.74 Å². The van der Waals surface area contributed by atoms with Crippen molar-refractivity contribution < 1.29 is 13.9 Å². The topological polar surface area (TPSA) is 48.3 Å². The molecule has 0 unspecified atom stereocenters. The van der Waals surface area contributed by atoms with Crippen LogP contribution in [-0.2, 0) is 4.79 Å². The second-order valence-corrected chi connectivity index (χ2v) is 3.69. The molecule has 0 N–H and O–H groups in total. The van der Waals surface area contributed by atoms with Gasteiger partial charge in [-0.1, -0.05) is 0 Å². The highest BCUT2D eigenvalue weighted by Gasteiger charge is 2.09. The monoisotopic (exact) mass is 247 g/mol. The second kappa shape index (κ2) is 4.83. The van der Waals surface area contributed by atoms with Crippen molar-refractivity contribution in [1.82, 2.24) is 4.57 Å². The van der Waals surface area contributed by atoms with Crippen LogP contribution in [-0.4, -0.2) is 11.0 Å². The molecule has 0 fully saturated rings. The van der Waals surface area contributed by atoms with Crippen LogP contribution in [0.15, 0.2) is 41.3 Å². The minimum Gasteiger partial charge on any atom is -0.423 e. The molecule has 1 aromatic carbocycles. The van der Waals surface area contributed by atoms with Gasteiger partial charge >= 0.3 is 0 Å². The van der Waals surface area contributed by atoms with Crippen molar-refractivity contribution in [3.63, 3.8) is 0 Å². The number of carbonyl (C=O) groups excluding carboxylic acids is 1. The van der Waals surface area contributed by atoms with Crippen molar-refractivity contribution in [2.75, 3.05) is 0 Å². The van der Waals surface area contributed by atoms with Crippen LogP contribution in [0.1, 0.15) is 5.56 Å². The van der Waals surface area contributed by atoms with Gasteiger partial charge in [0.15, 0.2) is 5.75 Å². The maximum Gasteiger partial charge on any atom is 0.298 e. The van der Waals surface area contributed by atoms with Gasteiger partial charge in [-0.05, 0) is 42.8 Å². The molecule has 1 heterocycles. The van der Waals surface area contributed by atoms with Gasteiger partial charge in [0.25, 0.3) is 12.0 Å². The molecular weight excluding hydrogens is 237 g/mol. The van der Waals surface area contributed by atoms with Gasteiger partial charge in [-0.15, -0.1) is 0 Å². The zero-order chi connectivity index (χ0) is 13.1. The molecule has 0 amide bonds. The largest absolute Gasteiger partial charge is 0.423 e. The standard InChI is InChI=1S/C13H10FNO3/c1-9-6-7-15(13(17)12(9)18-8-16)11-4-2-10(14)3-5-11/h2-8H,1H3. The number of ether oxygens (including phenoxy) is 1. The second-order valence-electron chi connectivity index (χ2n) is 3.69. The Kier molecular flexibility index (Phi) is 3.23. The van der Waals surface area contributed by atoms with Gasteiger partial charge in [-0.2, -0.15) is 0 Å². The lowest BCUT2D eigenvalue weighted by Gasteiger charge is -2.08. The molecule has 0 saturated carbocycles. The Morgan fingerprint density at radius 1 is 1.22 bits per heavy atom. The summed E-state index contributed by atoms with van der Waals surface area (Å²) in [5.74, 6) is -0.417. The molecule has 2 aromatic rings. The van der Waals surface area contributed by atoms with Gasteiger partial charge in [-0.3, -0.25) is 14.2 Å². The normalized spacial score (nSPS) is 10.1. The van der Waals surface area contributed by atoms with Gasteiger partial charge in [0.1, 0.15) is 5.82 Å². The fourth-order valence-corrected chi connectivity index (χ4v) is 1.60. The molecular formula is C13H10FNO3. The van der Waals surface area contributed by atoms with Gasteiger partial charge in [0.2, 0.25) is 0 Å². The summed E-state index contributed by atoms with van der Waals surface area (Å²) in [6, 6.07) is 7.08. The first-order valence-corrected chi connectivity index (χ1v) is 5.22. The maximum absolute atomic E-state index is 12.8. The lowest BCUT2D eigenvalue weighted by Crippen LogP contribution is -2.20. The van der Waals surface area contributed by atoms with Crippen LogP contribution in [0, 0.1) is 12.7 Å². The van der Waals surface area contributed by atoms with Crippen molar-refractivity contribution in [3.8, 4) is 11.4 Å². The molecule has 0 saturated heterocycles. The van der Waals surface area contributed by atoms with E-state index in [1.807, 2.05) is 0 Å². The number of pyridine rings is 1. The third kappa shape index (κ3) is 2.15. The first kappa shape index (κ1) is 12.0. The van der Waals surface area contributed by atoms with Crippen LogP contribution < -0.4 is 10.3 Å². The highest BCUT2D eigenvalue weighted by Crippen LogP contribution is 2.13. The zero-order valence-electron chi connectivity index (χ0n) is 9.59. The van der Waals surface area contributed by atoms with E-state index in [9.17, 15) is 14.0 Å². The molecule has 92 valence electrons. The molecule has 1 aromatic heterocycles. The lowest BCUT2D eigenvalue weighted by molar-refractivity contribution is -0.120. The number of aryl methyl sites for hydroxylation is 1. The van der Waals surface area contributed by atoms with E-state index in [1.54, 1.807) is 19.2 Å². The predicted octanol–water partition coefficient (Wildman–Crippen LogP) is 1.82. The van der Waals surface area contributed by atoms with Gasteiger partial charge in [0.05, 0.1) is 0 Å². The Bertz CT molecular complexity index is 632. The lowest BCUT2D eigenvalue weighted by atomic mass is 10.2. The summed E-state index contributed by atoms with van der Waals surface area (Å²) >= 11 is 0. The predicted molar refractivity (Wildman–Crippen MR) is 63.4 cm³/mol. The summed E-state index contributed by atoms with van der Waals surface area (Å²) in [6.45, 7) is 1.87.